The van der Waals surface area contributed by atoms with E-state index in [1.807, 2.05) is 6.07 Å². The quantitative estimate of drug-likeness (QED) is 0.690. The molecule has 0 bridgehead atoms. The minimum absolute atomic E-state index is 0.440. The van der Waals surface area contributed by atoms with Crippen LogP contribution in [0, 0.1) is 0 Å². The predicted molar refractivity (Wildman–Crippen MR) is 58.8 cm³/mol. The van der Waals surface area contributed by atoms with Crippen LogP contribution in [0.4, 0.5) is 0 Å². The van der Waals surface area contributed by atoms with E-state index in [-0.39, 0.29) is 0 Å². The summed E-state index contributed by atoms with van der Waals surface area (Å²) in [5, 5.41) is 4.53. The summed E-state index contributed by atoms with van der Waals surface area (Å²) in [4.78, 5) is 0. The molecule has 0 unspecified atom stereocenters. The summed E-state index contributed by atoms with van der Waals surface area (Å²) >= 11 is 6.02. The zero-order valence-electron chi connectivity index (χ0n) is 8.15. The molecule has 0 atom stereocenters. The smallest absolute Gasteiger partial charge is 0.0408 e. The minimum Gasteiger partial charge on any atom is -0.311 e. The summed E-state index contributed by atoms with van der Waals surface area (Å²) in [6, 6.07) is 6.33. The second-order valence-corrected chi connectivity index (χ2v) is 4.98. The Hall–Kier alpha value is -0.530. The van der Waals surface area contributed by atoms with E-state index < -0.39 is 0 Å². The van der Waals surface area contributed by atoms with Crippen molar-refractivity contribution in [3.8, 4) is 0 Å². The van der Waals surface area contributed by atoms with Gasteiger partial charge in [0.05, 0.1) is 0 Å². The fourth-order valence-electron chi connectivity index (χ4n) is 2.40. The number of nitrogens with one attached hydrogen (secondary N) is 1. The van der Waals surface area contributed by atoms with Gasteiger partial charge in [-0.05, 0) is 55.5 Å². The molecule has 3 rings (SSSR count). The molecular formula is C12H14ClN. The van der Waals surface area contributed by atoms with Gasteiger partial charge in [-0.2, -0.15) is 0 Å². The molecule has 1 spiro atoms. The highest BCUT2D eigenvalue weighted by Crippen LogP contribution is 2.40. The van der Waals surface area contributed by atoms with Gasteiger partial charge in [0, 0.05) is 10.6 Å². The summed E-state index contributed by atoms with van der Waals surface area (Å²) in [6.07, 6.45) is 4.98. The Bertz CT molecular complexity index is 369. The Morgan fingerprint density at radius 3 is 2.86 bits per heavy atom. The van der Waals surface area contributed by atoms with Crippen molar-refractivity contribution < 1.29 is 0 Å². The van der Waals surface area contributed by atoms with Crippen LogP contribution in [0.3, 0.4) is 0 Å². The maximum atomic E-state index is 6.02. The van der Waals surface area contributed by atoms with Crippen LogP contribution in [0.15, 0.2) is 18.2 Å². The largest absolute Gasteiger partial charge is 0.311 e. The van der Waals surface area contributed by atoms with Crippen molar-refractivity contribution in [3.05, 3.63) is 34.3 Å². The Labute approximate surface area is 89.5 Å². The van der Waals surface area contributed by atoms with Gasteiger partial charge in [0.1, 0.15) is 0 Å². The van der Waals surface area contributed by atoms with Gasteiger partial charge >= 0.3 is 0 Å². The lowest BCUT2D eigenvalue weighted by Gasteiger charge is -2.13. The van der Waals surface area contributed by atoms with Gasteiger partial charge in [-0.15, -0.1) is 0 Å². The lowest BCUT2D eigenvalue weighted by atomic mass is 9.99. The van der Waals surface area contributed by atoms with Crippen LogP contribution in [0.5, 0.6) is 0 Å². The van der Waals surface area contributed by atoms with Crippen molar-refractivity contribution in [1.29, 1.82) is 0 Å². The van der Waals surface area contributed by atoms with Gasteiger partial charge in [-0.1, -0.05) is 17.7 Å². The first-order valence-electron chi connectivity index (χ1n) is 5.30. The second-order valence-electron chi connectivity index (χ2n) is 4.55. The highest BCUT2D eigenvalue weighted by Gasteiger charge is 2.43. The van der Waals surface area contributed by atoms with Crippen molar-refractivity contribution in [2.45, 2.75) is 31.2 Å². The van der Waals surface area contributed by atoms with E-state index in [9.17, 15) is 0 Å². The summed E-state index contributed by atoms with van der Waals surface area (Å²) in [6.45, 7) is 1.12. The Morgan fingerprint density at radius 1 is 1.21 bits per heavy atom. The fraction of sp³-hybridized carbons (Fsp3) is 0.500. The summed E-state index contributed by atoms with van der Waals surface area (Å²) in [7, 11) is 0. The van der Waals surface area contributed by atoms with Crippen molar-refractivity contribution >= 4 is 11.6 Å². The van der Waals surface area contributed by atoms with E-state index in [0.29, 0.717) is 5.54 Å². The van der Waals surface area contributed by atoms with Gasteiger partial charge in [-0.25, -0.2) is 0 Å². The lowest BCUT2D eigenvalue weighted by Crippen LogP contribution is -2.32. The molecule has 1 aromatic rings. The van der Waals surface area contributed by atoms with E-state index in [2.05, 4.69) is 17.4 Å². The van der Waals surface area contributed by atoms with Gasteiger partial charge in [0.2, 0.25) is 0 Å². The van der Waals surface area contributed by atoms with Crippen LogP contribution >= 0.6 is 11.6 Å². The second kappa shape index (κ2) is 2.98. The number of hydrogen-bond acceptors (Lipinski definition) is 1. The highest BCUT2D eigenvalue weighted by molar-refractivity contribution is 6.30. The molecule has 1 saturated carbocycles. The van der Waals surface area contributed by atoms with Crippen LogP contribution in [-0.2, 0) is 12.8 Å². The number of benzene rings is 1. The first-order chi connectivity index (χ1) is 6.77. The molecule has 74 valence electrons. The Kier molecular flexibility index (Phi) is 1.86. The predicted octanol–water partition coefficient (Wildman–Crippen LogP) is 2.56. The standard InChI is InChI=1S/C12H14ClN/c13-11-2-1-9-3-6-14-12(4-5-12)8-10(9)7-11/h1-2,7,14H,3-6,8H2. The Balaban J connectivity index is 2.00. The monoisotopic (exact) mass is 207 g/mol. The molecule has 1 aliphatic carbocycles. The van der Waals surface area contributed by atoms with Crippen molar-refractivity contribution in [2.75, 3.05) is 6.54 Å². The van der Waals surface area contributed by atoms with Crippen LogP contribution in [0.25, 0.3) is 0 Å². The molecule has 0 radical (unpaired) electrons. The number of rotatable bonds is 0. The maximum absolute atomic E-state index is 6.02. The normalized spacial score (nSPS) is 22.9. The summed E-state index contributed by atoms with van der Waals surface area (Å²) in [5.74, 6) is 0. The average molecular weight is 208 g/mol. The molecule has 0 amide bonds. The molecule has 0 saturated heterocycles. The van der Waals surface area contributed by atoms with E-state index in [4.69, 9.17) is 11.6 Å². The highest BCUT2D eigenvalue weighted by atomic mass is 35.5. The van der Waals surface area contributed by atoms with Crippen LogP contribution in [-0.4, -0.2) is 12.1 Å². The molecule has 2 aliphatic rings. The van der Waals surface area contributed by atoms with E-state index in [0.717, 1.165) is 18.0 Å². The van der Waals surface area contributed by atoms with E-state index in [1.165, 1.54) is 30.4 Å². The maximum Gasteiger partial charge on any atom is 0.0408 e. The van der Waals surface area contributed by atoms with Crippen molar-refractivity contribution in [3.63, 3.8) is 0 Å². The molecule has 1 N–H and O–H groups in total. The molecule has 14 heavy (non-hydrogen) atoms. The SMILES string of the molecule is Clc1ccc2c(c1)CC1(CC1)NCC2. The van der Waals surface area contributed by atoms with E-state index in [1.54, 1.807) is 0 Å². The Morgan fingerprint density at radius 2 is 2.07 bits per heavy atom. The molecule has 1 heterocycles. The van der Waals surface area contributed by atoms with Crippen LogP contribution in [0.2, 0.25) is 5.02 Å². The summed E-state index contributed by atoms with van der Waals surface area (Å²) in [5.41, 5.74) is 3.38. The third kappa shape index (κ3) is 1.45. The zero-order chi connectivity index (χ0) is 9.60. The van der Waals surface area contributed by atoms with Crippen LogP contribution < -0.4 is 5.32 Å². The summed E-state index contributed by atoms with van der Waals surface area (Å²) < 4.78 is 0. The number of fused-ring (bicyclic) bond motifs is 1. The lowest BCUT2D eigenvalue weighted by molar-refractivity contribution is 0.514. The average Bonchev–Trinajstić information content (AvgIpc) is 2.92. The number of halogens is 1. The molecular weight excluding hydrogens is 194 g/mol. The van der Waals surface area contributed by atoms with Crippen LogP contribution in [0.1, 0.15) is 24.0 Å². The third-order valence-electron chi connectivity index (χ3n) is 3.45. The molecule has 2 heteroatoms. The first-order valence-corrected chi connectivity index (χ1v) is 5.68. The van der Waals surface area contributed by atoms with Gasteiger partial charge < -0.3 is 5.32 Å². The molecule has 1 aromatic carbocycles. The topological polar surface area (TPSA) is 12.0 Å². The fourth-order valence-corrected chi connectivity index (χ4v) is 2.59. The molecule has 0 aromatic heterocycles. The zero-order valence-corrected chi connectivity index (χ0v) is 8.90. The minimum atomic E-state index is 0.440. The molecule has 1 fully saturated rings. The van der Waals surface area contributed by atoms with Gasteiger partial charge in [-0.3, -0.25) is 0 Å². The van der Waals surface area contributed by atoms with Crippen molar-refractivity contribution in [1.82, 2.24) is 5.32 Å². The van der Waals surface area contributed by atoms with Gasteiger partial charge in [0.25, 0.3) is 0 Å². The third-order valence-corrected chi connectivity index (χ3v) is 3.68. The van der Waals surface area contributed by atoms with Gasteiger partial charge in [0.15, 0.2) is 0 Å². The molecule has 1 nitrogen and oxygen atoms in total. The van der Waals surface area contributed by atoms with Crippen molar-refractivity contribution in [2.24, 2.45) is 0 Å². The van der Waals surface area contributed by atoms with E-state index >= 15 is 0 Å². The number of hydrogen-bond donors (Lipinski definition) is 1. The molecule has 1 aliphatic heterocycles. The first kappa shape index (κ1) is 8.75.